The molecule has 1 aliphatic rings. The van der Waals surface area contributed by atoms with E-state index in [1.165, 1.54) is 0 Å². The van der Waals surface area contributed by atoms with Crippen molar-refractivity contribution in [1.29, 1.82) is 0 Å². The minimum Gasteiger partial charge on any atom is -0.481 e. The Hall–Kier alpha value is -4.42. The number of amides is 4. The first-order chi connectivity index (χ1) is 19.0. The fraction of sp³-hybridized carbons (Fsp3) is 0.481. The first-order valence-corrected chi connectivity index (χ1v) is 13.1. The number of hydrogen-bond acceptors (Lipinski definition) is 6. The number of aliphatic carboxylic acids is 1. The molecule has 0 saturated carbocycles. The first kappa shape index (κ1) is 31.8. The van der Waals surface area contributed by atoms with E-state index in [0.29, 0.717) is 12.8 Å². The standard InChI is InChI=1S/C27H39N7O6/c1-16(2)19-11-10-18(13-17-7-4-3-5-8-17)32-26(40)21(14-23(36)37)33-22(35)15-31-25(39)20(34-24(19)38)9-6-12-30-27(28)29/h3-5,7-8,10-11,16,18-21H,6,9,12-15H2,1-2H3,(H,31,39)(H,32,40)(H,33,35)(H,34,38)(H,36,37)(H4,28,29,30)/t18?,19?,20?,21-/m0/s1. The van der Waals surface area contributed by atoms with Gasteiger partial charge < -0.3 is 37.8 Å². The van der Waals surface area contributed by atoms with Crippen molar-refractivity contribution in [3.8, 4) is 0 Å². The van der Waals surface area contributed by atoms with E-state index in [4.69, 9.17) is 11.5 Å². The summed E-state index contributed by atoms with van der Waals surface area (Å²) in [6.45, 7) is 3.42. The summed E-state index contributed by atoms with van der Waals surface area (Å²) in [4.78, 5) is 67.3. The van der Waals surface area contributed by atoms with Crippen molar-refractivity contribution in [2.75, 3.05) is 13.1 Å². The summed E-state index contributed by atoms with van der Waals surface area (Å²) in [7, 11) is 0. The molecule has 0 radical (unpaired) electrons. The van der Waals surface area contributed by atoms with Crippen LogP contribution in [0.5, 0.6) is 0 Å². The SMILES string of the molecule is CC(C)C1C=CC(Cc2ccccc2)NC(=O)[C@H](CC(=O)O)NC(=O)CNC(=O)C(CCCN=C(N)N)NC1=O. The molecular formula is C27H39N7O6. The highest BCUT2D eigenvalue weighted by molar-refractivity contribution is 5.94. The number of nitrogens with zero attached hydrogens (tertiary/aromatic N) is 1. The van der Waals surface area contributed by atoms with E-state index < -0.39 is 66.6 Å². The summed E-state index contributed by atoms with van der Waals surface area (Å²) in [6, 6.07) is 6.34. The predicted molar refractivity (Wildman–Crippen MR) is 149 cm³/mol. The molecule has 4 atom stereocenters. The maximum absolute atomic E-state index is 13.3. The van der Waals surface area contributed by atoms with E-state index >= 15 is 0 Å². The van der Waals surface area contributed by atoms with Crippen LogP contribution in [0.2, 0.25) is 0 Å². The molecule has 9 N–H and O–H groups in total. The summed E-state index contributed by atoms with van der Waals surface area (Å²) in [5, 5.41) is 19.7. The number of carboxylic acids is 1. The largest absolute Gasteiger partial charge is 0.481 e. The monoisotopic (exact) mass is 557 g/mol. The average molecular weight is 558 g/mol. The number of rotatable bonds is 9. The molecular weight excluding hydrogens is 518 g/mol. The zero-order valence-corrected chi connectivity index (χ0v) is 22.8. The number of hydrogen-bond donors (Lipinski definition) is 7. The maximum Gasteiger partial charge on any atom is 0.305 e. The van der Waals surface area contributed by atoms with Gasteiger partial charge in [0.05, 0.1) is 24.9 Å². The molecule has 0 fully saturated rings. The van der Waals surface area contributed by atoms with Gasteiger partial charge in [-0.3, -0.25) is 29.0 Å². The van der Waals surface area contributed by atoms with Crippen LogP contribution in [0.25, 0.3) is 0 Å². The molecule has 1 aliphatic heterocycles. The van der Waals surface area contributed by atoms with Crippen LogP contribution < -0.4 is 32.7 Å². The predicted octanol–water partition coefficient (Wildman–Crippen LogP) is -0.830. The van der Waals surface area contributed by atoms with Gasteiger partial charge in [0.25, 0.3) is 0 Å². The lowest BCUT2D eigenvalue weighted by molar-refractivity contribution is -0.140. The smallest absolute Gasteiger partial charge is 0.305 e. The highest BCUT2D eigenvalue weighted by atomic mass is 16.4. The van der Waals surface area contributed by atoms with Crippen molar-refractivity contribution < 1.29 is 29.1 Å². The van der Waals surface area contributed by atoms with Gasteiger partial charge in [0.15, 0.2) is 5.96 Å². The van der Waals surface area contributed by atoms with Crippen molar-refractivity contribution in [1.82, 2.24) is 21.3 Å². The van der Waals surface area contributed by atoms with Gasteiger partial charge in [0.1, 0.15) is 12.1 Å². The Morgan fingerprint density at radius 2 is 1.68 bits per heavy atom. The van der Waals surface area contributed by atoms with Gasteiger partial charge in [-0.25, -0.2) is 0 Å². The summed E-state index contributed by atoms with van der Waals surface area (Å²) >= 11 is 0. The van der Waals surface area contributed by atoms with Crippen LogP contribution in [-0.2, 0) is 30.4 Å². The third-order valence-corrected chi connectivity index (χ3v) is 6.23. The Morgan fingerprint density at radius 3 is 2.30 bits per heavy atom. The van der Waals surface area contributed by atoms with E-state index in [1.54, 1.807) is 12.2 Å². The molecule has 1 heterocycles. The number of nitrogens with one attached hydrogen (secondary N) is 4. The van der Waals surface area contributed by atoms with Crippen LogP contribution in [0, 0.1) is 11.8 Å². The van der Waals surface area contributed by atoms with E-state index in [2.05, 4.69) is 26.3 Å². The van der Waals surface area contributed by atoms with Gasteiger partial charge in [0.2, 0.25) is 23.6 Å². The first-order valence-electron chi connectivity index (χ1n) is 13.1. The van der Waals surface area contributed by atoms with Crippen LogP contribution in [0.3, 0.4) is 0 Å². The van der Waals surface area contributed by atoms with Gasteiger partial charge in [0, 0.05) is 6.54 Å². The molecule has 0 aromatic heterocycles. The van der Waals surface area contributed by atoms with Gasteiger partial charge in [-0.1, -0.05) is 56.3 Å². The molecule has 13 heteroatoms. The molecule has 2 rings (SSSR count). The quantitative estimate of drug-likeness (QED) is 0.0877. The molecule has 1 aromatic rings. The van der Waals surface area contributed by atoms with Gasteiger partial charge in [-0.2, -0.15) is 0 Å². The molecule has 0 aliphatic carbocycles. The molecule has 0 spiro atoms. The highest BCUT2D eigenvalue weighted by Crippen LogP contribution is 2.16. The topological polar surface area (TPSA) is 218 Å². The zero-order valence-electron chi connectivity index (χ0n) is 22.8. The van der Waals surface area contributed by atoms with E-state index in [0.717, 1.165) is 5.56 Å². The second-order valence-electron chi connectivity index (χ2n) is 9.91. The van der Waals surface area contributed by atoms with Gasteiger partial charge in [-0.05, 0) is 30.7 Å². The minimum atomic E-state index is -1.38. The molecule has 218 valence electrons. The number of aliphatic imine (C=N–C) groups is 1. The Morgan fingerprint density at radius 1 is 0.975 bits per heavy atom. The van der Waals surface area contributed by atoms with E-state index in [1.807, 2.05) is 44.2 Å². The van der Waals surface area contributed by atoms with Crippen molar-refractivity contribution >= 4 is 35.6 Å². The summed E-state index contributed by atoms with van der Waals surface area (Å²) in [5.74, 6) is -4.67. The minimum absolute atomic E-state index is 0.0960. The number of carbonyl (C=O) groups is 5. The molecule has 40 heavy (non-hydrogen) atoms. The lowest BCUT2D eigenvalue weighted by atomic mass is 9.92. The zero-order chi connectivity index (χ0) is 29.7. The summed E-state index contributed by atoms with van der Waals surface area (Å²) < 4.78 is 0. The van der Waals surface area contributed by atoms with E-state index in [9.17, 15) is 29.1 Å². The fourth-order valence-corrected chi connectivity index (χ4v) is 4.14. The Labute approximate surface area is 233 Å². The second kappa shape index (κ2) is 15.9. The highest BCUT2D eigenvalue weighted by Gasteiger charge is 2.29. The van der Waals surface area contributed by atoms with Gasteiger partial charge in [-0.15, -0.1) is 0 Å². The molecule has 13 nitrogen and oxygen atoms in total. The lowest BCUT2D eigenvalue weighted by Gasteiger charge is -2.23. The fourth-order valence-electron chi connectivity index (χ4n) is 4.14. The Bertz CT molecular complexity index is 1100. The maximum atomic E-state index is 13.3. The van der Waals surface area contributed by atoms with Gasteiger partial charge >= 0.3 is 5.97 Å². The van der Waals surface area contributed by atoms with Crippen molar-refractivity contribution in [2.45, 2.75) is 57.7 Å². The van der Waals surface area contributed by atoms with Crippen LogP contribution in [-0.4, -0.2) is 71.9 Å². The number of carboxylic acid groups (broad SMARTS) is 1. The Balaban J connectivity index is 2.41. The Kier molecular flexibility index (Phi) is 12.6. The molecule has 1 aromatic carbocycles. The number of nitrogens with two attached hydrogens (primary N) is 2. The summed E-state index contributed by atoms with van der Waals surface area (Å²) in [5.41, 5.74) is 11.6. The van der Waals surface area contributed by atoms with Crippen molar-refractivity contribution in [2.24, 2.45) is 28.3 Å². The third kappa shape index (κ3) is 11.1. The third-order valence-electron chi connectivity index (χ3n) is 6.23. The van der Waals surface area contributed by atoms with Crippen LogP contribution in [0.15, 0.2) is 47.5 Å². The molecule has 3 unspecified atom stereocenters. The van der Waals surface area contributed by atoms with Crippen LogP contribution in [0.4, 0.5) is 0 Å². The van der Waals surface area contributed by atoms with Crippen LogP contribution >= 0.6 is 0 Å². The van der Waals surface area contributed by atoms with Crippen molar-refractivity contribution in [3.05, 3.63) is 48.0 Å². The molecule has 4 amide bonds. The van der Waals surface area contributed by atoms with Crippen LogP contribution in [0.1, 0.15) is 38.7 Å². The molecule has 0 saturated heterocycles. The van der Waals surface area contributed by atoms with Crippen molar-refractivity contribution in [3.63, 3.8) is 0 Å². The normalized spacial score (nSPS) is 22.7. The average Bonchev–Trinajstić information content (AvgIpc) is 2.88. The lowest BCUT2D eigenvalue weighted by Crippen LogP contribution is -2.53. The molecule has 0 bridgehead atoms. The number of guanidine groups is 1. The second-order valence-corrected chi connectivity index (χ2v) is 9.91. The summed E-state index contributed by atoms with van der Waals surface area (Å²) in [6.07, 6.45) is 3.63. The number of benzene rings is 1. The van der Waals surface area contributed by atoms with E-state index in [-0.39, 0.29) is 24.8 Å². The number of carbonyl (C=O) groups excluding carboxylic acids is 4.